The van der Waals surface area contributed by atoms with Gasteiger partial charge in [-0.15, -0.1) is 0 Å². The van der Waals surface area contributed by atoms with Gasteiger partial charge in [-0.05, 0) is 57.7 Å². The number of allylic oxidation sites excluding steroid dienone is 2. The average molecular weight is 637 g/mol. The first-order valence-electron chi connectivity index (χ1n) is 14.7. The zero-order chi connectivity index (χ0) is 33.8. The van der Waals surface area contributed by atoms with E-state index < -0.39 is 29.9 Å². The van der Waals surface area contributed by atoms with Gasteiger partial charge in [0.1, 0.15) is 48.8 Å². The summed E-state index contributed by atoms with van der Waals surface area (Å²) >= 11 is 0. The van der Waals surface area contributed by atoms with Crippen molar-refractivity contribution in [2.75, 3.05) is 0 Å². The van der Waals surface area contributed by atoms with Crippen LogP contribution in [0.2, 0.25) is 0 Å². The quantitative estimate of drug-likeness (QED) is 0.0730. The van der Waals surface area contributed by atoms with Crippen molar-refractivity contribution in [1.82, 2.24) is 14.5 Å². The Labute approximate surface area is 272 Å². The second kappa shape index (κ2) is 15.9. The van der Waals surface area contributed by atoms with Crippen LogP contribution in [-0.4, -0.2) is 39.0 Å². The summed E-state index contributed by atoms with van der Waals surface area (Å²) in [6.45, 7) is 10.3. The van der Waals surface area contributed by atoms with Gasteiger partial charge in [-0.25, -0.2) is 19.6 Å². The number of nitrogens with zero attached hydrogens (tertiary/aromatic N) is 4. The molecule has 4 aromatic rings. The molecule has 11 heteroatoms. The number of carbonyl (C=O) groups is 2. The van der Waals surface area contributed by atoms with E-state index in [1.54, 1.807) is 52.0 Å². The second-order valence-electron chi connectivity index (χ2n) is 11.1. The van der Waals surface area contributed by atoms with Crippen molar-refractivity contribution in [2.24, 2.45) is 4.99 Å². The van der Waals surface area contributed by atoms with E-state index in [-0.39, 0.29) is 47.2 Å². The molecule has 47 heavy (non-hydrogen) atoms. The van der Waals surface area contributed by atoms with Crippen molar-refractivity contribution in [2.45, 2.75) is 53.1 Å². The second-order valence-corrected chi connectivity index (χ2v) is 11.1. The third kappa shape index (κ3) is 9.33. The lowest BCUT2D eigenvalue weighted by atomic mass is 10.0. The minimum atomic E-state index is -0.981. The summed E-state index contributed by atoms with van der Waals surface area (Å²) in [5.74, 6) is -0.589. The first-order chi connectivity index (χ1) is 22.6. The Morgan fingerprint density at radius 1 is 0.872 bits per heavy atom. The number of benzene rings is 2. The van der Waals surface area contributed by atoms with Gasteiger partial charge in [0.05, 0.1) is 23.8 Å². The molecule has 0 bridgehead atoms. The van der Waals surface area contributed by atoms with E-state index in [2.05, 4.69) is 21.7 Å². The summed E-state index contributed by atoms with van der Waals surface area (Å²) in [4.78, 5) is 52.7. The Morgan fingerprint density at radius 2 is 1.45 bits per heavy atom. The SMILES string of the molecule is C=N/C(=C(\C=C/C)OCc1ccccc1)c1cc(C(=O)OC(C)(C)C)c(=O)n(-c2cncnc2)c1COC(=O)OCc1ccccc1. The normalized spacial score (nSPS) is 11.8. The van der Waals surface area contributed by atoms with Crippen LogP contribution < -0.4 is 5.56 Å². The van der Waals surface area contributed by atoms with Gasteiger partial charge in [-0.1, -0.05) is 66.7 Å². The van der Waals surface area contributed by atoms with E-state index >= 15 is 0 Å². The fraction of sp³-hybridized carbons (Fsp3) is 0.222. The van der Waals surface area contributed by atoms with Crippen molar-refractivity contribution in [3.63, 3.8) is 0 Å². The maximum Gasteiger partial charge on any atom is 0.508 e. The molecule has 2 aromatic carbocycles. The van der Waals surface area contributed by atoms with E-state index in [0.29, 0.717) is 0 Å². The predicted octanol–water partition coefficient (Wildman–Crippen LogP) is 6.60. The molecule has 0 aliphatic carbocycles. The lowest BCUT2D eigenvalue weighted by molar-refractivity contribution is 0.00660. The van der Waals surface area contributed by atoms with Gasteiger partial charge in [0.25, 0.3) is 5.56 Å². The molecule has 0 amide bonds. The van der Waals surface area contributed by atoms with Gasteiger partial charge in [0.2, 0.25) is 0 Å². The standard InChI is InChI=1S/C36H36N4O7/c1-6-13-31(44-21-25-14-9-7-10-15-25)32(37-5)28-18-29(34(42)47-36(2,3)4)33(41)40(27-19-38-24-39-20-27)30(28)23-46-35(43)45-22-26-16-11-8-12-17-26/h6-20,24H,5,21-23H2,1-4H3/b13-6-,32-31+. The highest BCUT2D eigenvalue weighted by atomic mass is 16.7. The summed E-state index contributed by atoms with van der Waals surface area (Å²) in [7, 11) is 0. The maximum absolute atomic E-state index is 14.1. The largest absolute Gasteiger partial charge is 0.508 e. The molecule has 0 radical (unpaired) electrons. The molecular formula is C36H36N4O7. The molecule has 11 nitrogen and oxygen atoms in total. The summed E-state index contributed by atoms with van der Waals surface area (Å²) < 4.78 is 23.8. The molecule has 0 fully saturated rings. The highest BCUT2D eigenvalue weighted by Gasteiger charge is 2.28. The number of aromatic nitrogens is 3. The Balaban J connectivity index is 1.89. The number of hydrogen-bond donors (Lipinski definition) is 0. The van der Waals surface area contributed by atoms with Gasteiger partial charge >= 0.3 is 12.1 Å². The Hall–Kier alpha value is -5.84. The number of hydrogen-bond acceptors (Lipinski definition) is 10. The highest BCUT2D eigenvalue weighted by molar-refractivity contribution is 5.91. The van der Waals surface area contributed by atoms with Gasteiger partial charge in [-0.3, -0.25) is 14.4 Å². The molecule has 0 aliphatic heterocycles. The third-order valence-electron chi connectivity index (χ3n) is 6.46. The molecule has 0 atom stereocenters. The van der Waals surface area contributed by atoms with Gasteiger partial charge < -0.3 is 18.9 Å². The zero-order valence-corrected chi connectivity index (χ0v) is 26.7. The fourth-order valence-corrected chi connectivity index (χ4v) is 4.42. The number of ether oxygens (including phenoxy) is 4. The van der Waals surface area contributed by atoms with E-state index in [9.17, 15) is 14.4 Å². The van der Waals surface area contributed by atoms with Gasteiger partial charge in [0, 0.05) is 5.56 Å². The van der Waals surface area contributed by atoms with Crippen LogP contribution in [-0.2, 0) is 38.8 Å². The van der Waals surface area contributed by atoms with Crippen molar-refractivity contribution in [3.05, 3.63) is 142 Å². The van der Waals surface area contributed by atoms with Crippen molar-refractivity contribution in [3.8, 4) is 5.69 Å². The molecule has 242 valence electrons. The number of esters is 1. The van der Waals surface area contributed by atoms with Gasteiger partial charge in [0.15, 0.2) is 0 Å². The van der Waals surface area contributed by atoms with Crippen LogP contribution in [0.15, 0.2) is 113 Å². The van der Waals surface area contributed by atoms with Crippen LogP contribution in [0.5, 0.6) is 0 Å². The van der Waals surface area contributed by atoms with Gasteiger partial charge in [-0.2, -0.15) is 0 Å². The van der Waals surface area contributed by atoms with Crippen molar-refractivity contribution >= 4 is 24.5 Å². The molecule has 0 saturated carbocycles. The monoisotopic (exact) mass is 636 g/mol. The summed E-state index contributed by atoms with van der Waals surface area (Å²) in [5.41, 5.74) is 0.392. The number of pyridine rings is 1. The Kier molecular flexibility index (Phi) is 11.5. The fourth-order valence-electron chi connectivity index (χ4n) is 4.42. The minimum absolute atomic E-state index is 0.0262. The summed E-state index contributed by atoms with van der Waals surface area (Å²) in [5, 5.41) is 0. The highest BCUT2D eigenvalue weighted by Crippen LogP contribution is 2.29. The molecule has 0 saturated heterocycles. The Bertz CT molecular complexity index is 1810. The topological polar surface area (TPSA) is 131 Å². The van der Waals surface area contributed by atoms with Crippen molar-refractivity contribution in [1.29, 1.82) is 0 Å². The molecule has 0 N–H and O–H groups in total. The van der Waals surface area contributed by atoms with Crippen LogP contribution in [0.25, 0.3) is 11.4 Å². The third-order valence-corrected chi connectivity index (χ3v) is 6.46. The molecule has 0 unspecified atom stereocenters. The lowest BCUT2D eigenvalue weighted by Gasteiger charge is -2.22. The first kappa shape index (κ1) is 34.0. The van der Waals surface area contributed by atoms with E-state index in [4.69, 9.17) is 18.9 Å². The molecule has 0 spiro atoms. The molecule has 2 heterocycles. The summed E-state index contributed by atoms with van der Waals surface area (Å²) in [6, 6.07) is 19.9. The van der Waals surface area contributed by atoms with E-state index in [1.165, 1.54) is 29.4 Å². The number of rotatable bonds is 12. The lowest BCUT2D eigenvalue weighted by Crippen LogP contribution is -2.33. The zero-order valence-electron chi connectivity index (χ0n) is 26.7. The number of aliphatic imine (C=N–C) groups is 1. The average Bonchev–Trinajstić information content (AvgIpc) is 3.06. The minimum Gasteiger partial charge on any atom is -0.487 e. The first-order valence-corrected chi connectivity index (χ1v) is 14.7. The van der Waals surface area contributed by atoms with Crippen molar-refractivity contribution < 1.29 is 28.5 Å². The molecule has 0 aliphatic rings. The Morgan fingerprint density at radius 3 is 2.00 bits per heavy atom. The van der Waals surface area contributed by atoms with Crippen LogP contribution in [0.3, 0.4) is 0 Å². The van der Waals surface area contributed by atoms with Crippen LogP contribution >= 0.6 is 0 Å². The molecule has 4 rings (SSSR count). The maximum atomic E-state index is 14.1. The molecular weight excluding hydrogens is 600 g/mol. The van der Waals surface area contributed by atoms with E-state index in [1.807, 2.05) is 48.5 Å². The van der Waals surface area contributed by atoms with E-state index in [0.717, 1.165) is 11.1 Å². The van der Waals surface area contributed by atoms with Crippen LogP contribution in [0, 0.1) is 0 Å². The smallest absolute Gasteiger partial charge is 0.487 e. The number of carbonyl (C=O) groups excluding carboxylic acids is 2. The molecule has 2 aromatic heterocycles. The van der Waals surface area contributed by atoms with Crippen LogP contribution in [0.1, 0.15) is 60.4 Å². The van der Waals surface area contributed by atoms with Crippen LogP contribution in [0.4, 0.5) is 4.79 Å². The predicted molar refractivity (Wildman–Crippen MR) is 177 cm³/mol. The summed E-state index contributed by atoms with van der Waals surface area (Å²) in [6.07, 6.45) is 6.52.